The molecule has 0 radical (unpaired) electrons. The summed E-state index contributed by atoms with van der Waals surface area (Å²) in [5.74, 6) is 0. The molecule has 0 aliphatic rings. The zero-order valence-corrected chi connectivity index (χ0v) is 9.70. The second-order valence-electron chi connectivity index (χ2n) is 2.56. The number of allylic oxidation sites excluding steroid dienone is 1. The van der Waals surface area contributed by atoms with Crippen molar-refractivity contribution in [3.63, 3.8) is 0 Å². The van der Waals surface area contributed by atoms with Crippen molar-refractivity contribution >= 4 is 33.3 Å². The van der Waals surface area contributed by atoms with Gasteiger partial charge >= 0.3 is 0 Å². The van der Waals surface area contributed by atoms with Crippen molar-refractivity contribution in [1.29, 1.82) is 0 Å². The molecule has 0 bridgehead atoms. The van der Waals surface area contributed by atoms with Gasteiger partial charge in [0.05, 0.1) is 10.7 Å². The van der Waals surface area contributed by atoms with E-state index >= 15 is 0 Å². The maximum absolute atomic E-state index is 4.35. The molecule has 0 spiro atoms. The largest absolute Gasteiger partial charge is 0.246 e. The van der Waals surface area contributed by atoms with Gasteiger partial charge < -0.3 is 0 Å². The maximum Gasteiger partial charge on any atom is 0.0903 e. The average molecular weight is 246 g/mol. The Balaban J connectivity index is 2.68. The van der Waals surface area contributed by atoms with Crippen LogP contribution in [0.2, 0.25) is 0 Å². The minimum atomic E-state index is 1.03. The lowest BCUT2D eigenvalue weighted by Gasteiger charge is -1.86. The number of hydrogen-bond acceptors (Lipinski definition) is 2. The molecular weight excluding hydrogens is 234 g/mol. The van der Waals surface area contributed by atoms with E-state index in [9.17, 15) is 0 Å². The lowest BCUT2D eigenvalue weighted by molar-refractivity contribution is 1.19. The number of aromatic nitrogens is 1. The van der Waals surface area contributed by atoms with E-state index in [-0.39, 0.29) is 0 Å². The Hall–Kier alpha value is -0.150. The van der Waals surface area contributed by atoms with Crippen molar-refractivity contribution in [1.82, 2.24) is 4.98 Å². The Morgan fingerprint density at radius 2 is 2.25 bits per heavy atom. The lowest BCUT2D eigenvalue weighted by atomic mass is 10.3. The highest BCUT2D eigenvalue weighted by atomic mass is 79.9. The van der Waals surface area contributed by atoms with Gasteiger partial charge in [0.15, 0.2) is 0 Å². The van der Waals surface area contributed by atoms with E-state index in [1.807, 2.05) is 6.92 Å². The summed E-state index contributed by atoms with van der Waals surface area (Å²) in [7, 11) is 0. The summed E-state index contributed by atoms with van der Waals surface area (Å²) in [6.07, 6.45) is 5.41. The molecule has 0 atom stereocenters. The van der Waals surface area contributed by atoms with Gasteiger partial charge in [0, 0.05) is 10.2 Å². The third-order valence-corrected chi connectivity index (χ3v) is 2.98. The van der Waals surface area contributed by atoms with Gasteiger partial charge in [0.2, 0.25) is 0 Å². The molecule has 0 fully saturated rings. The third kappa shape index (κ3) is 2.72. The molecule has 12 heavy (non-hydrogen) atoms. The number of nitrogens with zero attached hydrogens (tertiary/aromatic N) is 1. The first kappa shape index (κ1) is 9.93. The minimum absolute atomic E-state index is 1.03. The highest BCUT2D eigenvalue weighted by Gasteiger charge is 1.99. The molecule has 1 heterocycles. The molecule has 3 heteroatoms. The van der Waals surface area contributed by atoms with Crippen molar-refractivity contribution < 1.29 is 0 Å². The van der Waals surface area contributed by atoms with E-state index < -0.39 is 0 Å². The van der Waals surface area contributed by atoms with Gasteiger partial charge in [-0.25, -0.2) is 4.98 Å². The summed E-state index contributed by atoms with van der Waals surface area (Å²) >= 11 is 5.13. The zero-order chi connectivity index (χ0) is 8.97. The van der Waals surface area contributed by atoms with E-state index in [1.54, 1.807) is 11.3 Å². The molecule has 0 aliphatic carbocycles. The molecular formula is C9H12BrNS. The van der Waals surface area contributed by atoms with Crippen LogP contribution in [0.1, 0.15) is 22.0 Å². The van der Waals surface area contributed by atoms with Crippen molar-refractivity contribution in [2.75, 3.05) is 5.33 Å². The van der Waals surface area contributed by atoms with Crippen LogP contribution in [0.25, 0.3) is 6.08 Å². The molecule has 0 unspecified atom stereocenters. The van der Waals surface area contributed by atoms with E-state index in [0.717, 1.165) is 22.5 Å². The van der Waals surface area contributed by atoms with E-state index in [4.69, 9.17) is 0 Å². The van der Waals surface area contributed by atoms with E-state index in [2.05, 4.69) is 40.0 Å². The second kappa shape index (κ2) is 4.77. The summed E-state index contributed by atoms with van der Waals surface area (Å²) in [6.45, 7) is 4.09. The Labute approximate surface area is 85.7 Å². The topological polar surface area (TPSA) is 12.9 Å². The van der Waals surface area contributed by atoms with Crippen molar-refractivity contribution in [3.8, 4) is 0 Å². The summed E-state index contributed by atoms with van der Waals surface area (Å²) < 4.78 is 0. The molecule has 1 rings (SSSR count). The Bertz CT molecular complexity index is 278. The molecule has 1 nitrogen and oxygen atoms in total. The number of alkyl halides is 1. The second-order valence-corrected chi connectivity index (χ2v) is 4.59. The molecule has 0 aliphatic heterocycles. The minimum Gasteiger partial charge on any atom is -0.246 e. The van der Waals surface area contributed by atoms with E-state index in [0.29, 0.717) is 0 Å². The molecule has 0 saturated carbocycles. The van der Waals surface area contributed by atoms with Gasteiger partial charge in [-0.2, -0.15) is 0 Å². The first-order valence-corrected chi connectivity index (χ1v) is 5.84. The molecule has 1 aromatic heterocycles. The van der Waals surface area contributed by atoms with Gasteiger partial charge in [0.1, 0.15) is 0 Å². The fraction of sp³-hybridized carbons (Fsp3) is 0.444. The fourth-order valence-electron chi connectivity index (χ4n) is 0.955. The molecule has 66 valence electrons. The van der Waals surface area contributed by atoms with Crippen LogP contribution in [0.4, 0.5) is 0 Å². The lowest BCUT2D eigenvalue weighted by Crippen LogP contribution is -1.73. The highest BCUT2D eigenvalue weighted by Crippen LogP contribution is 2.18. The zero-order valence-electron chi connectivity index (χ0n) is 7.30. The van der Waals surface area contributed by atoms with Crippen LogP contribution in [-0.2, 0) is 0 Å². The average Bonchev–Trinajstić information content (AvgIpc) is 2.31. The van der Waals surface area contributed by atoms with Gasteiger partial charge in [0.25, 0.3) is 0 Å². The first-order valence-electron chi connectivity index (χ1n) is 3.90. The monoisotopic (exact) mass is 245 g/mol. The summed E-state index contributed by atoms with van der Waals surface area (Å²) in [6, 6.07) is 0. The number of thiazole rings is 1. The summed E-state index contributed by atoms with van der Waals surface area (Å²) in [4.78, 5) is 5.63. The molecule has 0 saturated heterocycles. The van der Waals surface area contributed by atoms with Gasteiger partial charge in [-0.15, -0.1) is 11.3 Å². The normalized spacial score (nSPS) is 11.2. The van der Waals surface area contributed by atoms with Crippen LogP contribution in [0.5, 0.6) is 0 Å². The number of rotatable bonds is 3. The van der Waals surface area contributed by atoms with Crippen LogP contribution in [-0.4, -0.2) is 10.3 Å². The molecule has 0 aromatic carbocycles. The predicted molar refractivity (Wildman–Crippen MR) is 59.0 cm³/mol. The van der Waals surface area contributed by atoms with E-state index in [1.165, 1.54) is 4.88 Å². The van der Waals surface area contributed by atoms with Crippen LogP contribution < -0.4 is 0 Å². The standard InChI is InChI=1S/C9H12BrNS/c1-7-9(5-3-4-6-10)12-8(2)11-7/h3,5H,4,6H2,1-2H3. The summed E-state index contributed by atoms with van der Waals surface area (Å²) in [5.41, 5.74) is 1.14. The number of halogens is 1. The third-order valence-electron chi connectivity index (χ3n) is 1.48. The van der Waals surface area contributed by atoms with Crippen LogP contribution in [0.15, 0.2) is 6.08 Å². The first-order chi connectivity index (χ1) is 5.74. The number of hydrogen-bond donors (Lipinski definition) is 0. The SMILES string of the molecule is Cc1nc(C)c(C=CCCBr)s1. The smallest absolute Gasteiger partial charge is 0.0903 e. The van der Waals surface area contributed by atoms with Crippen LogP contribution >= 0.6 is 27.3 Å². The maximum atomic E-state index is 4.35. The quantitative estimate of drug-likeness (QED) is 0.743. The van der Waals surface area contributed by atoms with Crippen LogP contribution in [0, 0.1) is 13.8 Å². The Morgan fingerprint density at radius 1 is 1.50 bits per heavy atom. The van der Waals surface area contributed by atoms with Crippen molar-refractivity contribution in [3.05, 3.63) is 21.7 Å². The Kier molecular flexibility index (Phi) is 3.95. The predicted octanol–water partition coefficient (Wildman–Crippen LogP) is 3.56. The van der Waals surface area contributed by atoms with Gasteiger partial charge in [-0.05, 0) is 26.3 Å². The summed E-state index contributed by atoms with van der Waals surface area (Å²) in [5, 5.41) is 2.17. The van der Waals surface area contributed by atoms with Gasteiger partial charge in [-0.1, -0.05) is 22.0 Å². The Morgan fingerprint density at radius 3 is 2.75 bits per heavy atom. The van der Waals surface area contributed by atoms with Gasteiger partial charge in [-0.3, -0.25) is 0 Å². The van der Waals surface area contributed by atoms with Crippen molar-refractivity contribution in [2.24, 2.45) is 0 Å². The van der Waals surface area contributed by atoms with Crippen LogP contribution in [0.3, 0.4) is 0 Å². The highest BCUT2D eigenvalue weighted by molar-refractivity contribution is 9.09. The molecule has 1 aromatic rings. The molecule has 0 N–H and O–H groups in total. The van der Waals surface area contributed by atoms with Crippen molar-refractivity contribution in [2.45, 2.75) is 20.3 Å². The number of aryl methyl sites for hydroxylation is 2. The fourth-order valence-corrected chi connectivity index (χ4v) is 2.08. The molecule has 0 amide bonds.